The van der Waals surface area contributed by atoms with Crippen LogP contribution in [-0.2, 0) is 0 Å². The van der Waals surface area contributed by atoms with Crippen molar-refractivity contribution < 1.29 is 0 Å². The summed E-state index contributed by atoms with van der Waals surface area (Å²) in [4.78, 5) is 14.3. The molecule has 34 heavy (non-hydrogen) atoms. The van der Waals surface area contributed by atoms with Gasteiger partial charge in [-0.2, -0.15) is 5.26 Å². The third kappa shape index (κ3) is 4.60. The third-order valence-electron chi connectivity index (χ3n) is 5.31. The smallest absolute Gasteiger partial charge is 0.164 e. The van der Waals surface area contributed by atoms with Gasteiger partial charge in [0.1, 0.15) is 0 Å². The number of hydrogen-bond donors (Lipinski definition) is 0. The van der Waals surface area contributed by atoms with E-state index in [0.29, 0.717) is 28.1 Å². The first-order chi connectivity index (χ1) is 16.6. The molecular weight excluding hydrogens is 508 g/mol. The first kappa shape index (κ1) is 22.0. The molecule has 0 amide bonds. The van der Waals surface area contributed by atoms with Crippen molar-refractivity contribution in [2.24, 2.45) is 0 Å². The zero-order chi connectivity index (χ0) is 23.5. The van der Waals surface area contributed by atoms with Gasteiger partial charge in [0.05, 0.1) is 16.7 Å². The van der Waals surface area contributed by atoms with Crippen LogP contribution < -0.4 is 0 Å². The van der Waals surface area contributed by atoms with E-state index in [1.807, 2.05) is 97.1 Å². The molecular formula is C28H16BrClN4. The van der Waals surface area contributed by atoms with E-state index >= 15 is 0 Å². The van der Waals surface area contributed by atoms with E-state index in [1.54, 1.807) is 0 Å². The van der Waals surface area contributed by atoms with E-state index in [1.165, 1.54) is 0 Å². The minimum atomic E-state index is 0.544. The molecule has 0 aliphatic heterocycles. The van der Waals surface area contributed by atoms with Gasteiger partial charge in [-0.05, 0) is 63.5 Å². The second kappa shape index (κ2) is 9.56. The Bertz CT molecular complexity index is 1530. The van der Waals surface area contributed by atoms with Gasteiger partial charge in [0, 0.05) is 21.2 Å². The lowest BCUT2D eigenvalue weighted by atomic mass is 10.0. The van der Waals surface area contributed by atoms with Crippen LogP contribution in [0.3, 0.4) is 0 Å². The van der Waals surface area contributed by atoms with E-state index in [-0.39, 0.29) is 0 Å². The summed E-state index contributed by atoms with van der Waals surface area (Å²) in [7, 11) is 0. The number of rotatable bonds is 4. The van der Waals surface area contributed by atoms with Crippen LogP contribution in [0.5, 0.6) is 0 Å². The normalized spacial score (nSPS) is 10.6. The molecule has 0 saturated heterocycles. The maximum atomic E-state index is 9.08. The monoisotopic (exact) mass is 522 g/mol. The van der Waals surface area contributed by atoms with Crippen LogP contribution in [0.1, 0.15) is 5.56 Å². The quantitative estimate of drug-likeness (QED) is 0.241. The fourth-order valence-corrected chi connectivity index (χ4v) is 3.99. The van der Waals surface area contributed by atoms with E-state index in [4.69, 9.17) is 31.8 Å². The summed E-state index contributed by atoms with van der Waals surface area (Å²) in [6, 6.07) is 33.2. The summed E-state index contributed by atoms with van der Waals surface area (Å²) >= 11 is 9.79. The number of aromatic nitrogens is 3. The highest BCUT2D eigenvalue weighted by molar-refractivity contribution is 9.10. The molecule has 0 radical (unpaired) electrons. The number of nitrogens with zero attached hydrogens (tertiary/aromatic N) is 4. The Kier molecular flexibility index (Phi) is 6.18. The van der Waals surface area contributed by atoms with Crippen LogP contribution in [0, 0.1) is 11.3 Å². The van der Waals surface area contributed by atoms with Crippen molar-refractivity contribution >= 4 is 27.5 Å². The van der Waals surface area contributed by atoms with Crippen LogP contribution in [-0.4, -0.2) is 15.0 Å². The molecule has 6 heteroatoms. The molecule has 4 aromatic carbocycles. The third-order valence-corrected chi connectivity index (χ3v) is 6.55. The van der Waals surface area contributed by atoms with Crippen molar-refractivity contribution in [2.75, 3.05) is 0 Å². The van der Waals surface area contributed by atoms with Gasteiger partial charge in [-0.3, -0.25) is 0 Å². The Labute approximate surface area is 210 Å². The topological polar surface area (TPSA) is 62.5 Å². The van der Waals surface area contributed by atoms with Gasteiger partial charge in [-0.1, -0.05) is 72.3 Å². The van der Waals surface area contributed by atoms with Crippen molar-refractivity contribution in [1.82, 2.24) is 15.0 Å². The fraction of sp³-hybridized carbons (Fsp3) is 0. The summed E-state index contributed by atoms with van der Waals surface area (Å²) in [5.41, 5.74) is 5.22. The molecule has 162 valence electrons. The van der Waals surface area contributed by atoms with Gasteiger partial charge in [-0.15, -0.1) is 0 Å². The predicted octanol–water partition coefficient (Wildman–Crippen LogP) is 7.83. The van der Waals surface area contributed by atoms with Gasteiger partial charge in [0.15, 0.2) is 17.5 Å². The van der Waals surface area contributed by atoms with Crippen LogP contribution in [0.4, 0.5) is 0 Å². The van der Waals surface area contributed by atoms with Crippen LogP contribution in [0.15, 0.2) is 102 Å². The zero-order valence-corrected chi connectivity index (χ0v) is 20.1. The minimum Gasteiger partial charge on any atom is -0.208 e. The van der Waals surface area contributed by atoms with Crippen LogP contribution in [0.2, 0.25) is 5.02 Å². The lowest BCUT2D eigenvalue weighted by Crippen LogP contribution is -2.00. The van der Waals surface area contributed by atoms with E-state index in [2.05, 4.69) is 22.0 Å². The summed E-state index contributed by atoms with van der Waals surface area (Å²) in [5, 5.41) is 9.67. The standard InChI is InChI=1S/C28H16BrClN4/c29-24-14-13-23(16-25(24)30)28-33-26(20-5-2-1-3-6-20)32-27(34-28)22-8-4-7-21(15-22)19-11-9-18(17-31)10-12-19/h1-16H. The first-order valence-electron chi connectivity index (χ1n) is 10.5. The minimum absolute atomic E-state index is 0.544. The summed E-state index contributed by atoms with van der Waals surface area (Å²) < 4.78 is 0.811. The SMILES string of the molecule is N#Cc1ccc(-c2cccc(-c3nc(-c4ccccc4)nc(-c4ccc(Br)c(Cl)c4)n3)c2)cc1. The van der Waals surface area contributed by atoms with Gasteiger partial charge >= 0.3 is 0 Å². The summed E-state index contributed by atoms with van der Waals surface area (Å²) in [6.07, 6.45) is 0. The Morgan fingerprint density at radius 3 is 1.79 bits per heavy atom. The van der Waals surface area contributed by atoms with Crippen molar-refractivity contribution in [3.05, 3.63) is 112 Å². The van der Waals surface area contributed by atoms with E-state index < -0.39 is 0 Å². The Hall–Kier alpha value is -3.85. The molecule has 4 nitrogen and oxygen atoms in total. The molecule has 0 N–H and O–H groups in total. The molecule has 5 aromatic rings. The molecule has 0 aliphatic rings. The van der Waals surface area contributed by atoms with Crippen molar-refractivity contribution in [1.29, 1.82) is 5.26 Å². The highest BCUT2D eigenvalue weighted by Crippen LogP contribution is 2.31. The molecule has 0 atom stereocenters. The molecule has 0 aliphatic carbocycles. The van der Waals surface area contributed by atoms with Crippen LogP contribution in [0.25, 0.3) is 45.3 Å². The molecule has 1 heterocycles. The van der Waals surface area contributed by atoms with Gasteiger partial charge < -0.3 is 0 Å². The lowest BCUT2D eigenvalue weighted by Gasteiger charge is -2.10. The largest absolute Gasteiger partial charge is 0.208 e. The van der Waals surface area contributed by atoms with Gasteiger partial charge in [-0.25, -0.2) is 15.0 Å². The average Bonchev–Trinajstić information content (AvgIpc) is 2.90. The second-order valence-corrected chi connectivity index (χ2v) is 8.83. The van der Waals surface area contributed by atoms with Crippen molar-refractivity contribution in [2.45, 2.75) is 0 Å². The zero-order valence-electron chi connectivity index (χ0n) is 17.8. The number of halogens is 2. The number of benzene rings is 4. The molecule has 0 fully saturated rings. The van der Waals surface area contributed by atoms with Crippen LogP contribution >= 0.6 is 27.5 Å². The molecule has 0 bridgehead atoms. The maximum absolute atomic E-state index is 9.08. The summed E-state index contributed by atoms with van der Waals surface area (Å²) in [6.45, 7) is 0. The molecule has 5 rings (SSSR count). The van der Waals surface area contributed by atoms with Gasteiger partial charge in [0.2, 0.25) is 0 Å². The Morgan fingerprint density at radius 2 is 1.15 bits per heavy atom. The average molecular weight is 524 g/mol. The molecule has 0 unspecified atom stereocenters. The number of hydrogen-bond acceptors (Lipinski definition) is 4. The highest BCUT2D eigenvalue weighted by Gasteiger charge is 2.13. The van der Waals surface area contributed by atoms with Crippen molar-refractivity contribution in [3.8, 4) is 51.4 Å². The Morgan fingerprint density at radius 1 is 0.588 bits per heavy atom. The molecule has 0 saturated carbocycles. The lowest BCUT2D eigenvalue weighted by molar-refractivity contribution is 1.07. The second-order valence-electron chi connectivity index (χ2n) is 7.57. The van der Waals surface area contributed by atoms with E-state index in [0.717, 1.165) is 32.3 Å². The Balaban J connectivity index is 1.65. The van der Waals surface area contributed by atoms with E-state index in [9.17, 15) is 0 Å². The fourth-order valence-electron chi connectivity index (χ4n) is 3.56. The number of nitriles is 1. The highest BCUT2D eigenvalue weighted by atomic mass is 79.9. The molecule has 0 spiro atoms. The van der Waals surface area contributed by atoms with Crippen molar-refractivity contribution in [3.63, 3.8) is 0 Å². The maximum Gasteiger partial charge on any atom is 0.164 e. The van der Waals surface area contributed by atoms with Gasteiger partial charge in [0.25, 0.3) is 0 Å². The first-order valence-corrected chi connectivity index (χ1v) is 11.7. The summed E-state index contributed by atoms with van der Waals surface area (Å²) in [5.74, 6) is 1.70. The predicted molar refractivity (Wildman–Crippen MR) is 139 cm³/mol. The molecule has 1 aromatic heterocycles.